The summed E-state index contributed by atoms with van der Waals surface area (Å²) < 4.78 is 21.4. The Kier molecular flexibility index (Phi) is 16.6. The van der Waals surface area contributed by atoms with Crippen molar-refractivity contribution in [2.24, 2.45) is 0 Å². The van der Waals surface area contributed by atoms with Crippen molar-refractivity contribution in [3.63, 3.8) is 0 Å². The van der Waals surface area contributed by atoms with Crippen LogP contribution in [0.1, 0.15) is 25.7 Å². The molecule has 1 aliphatic rings. The molecule has 1 aromatic rings. The molecule has 0 unspecified atom stereocenters. The van der Waals surface area contributed by atoms with E-state index in [9.17, 15) is 19.2 Å². The average molecular weight is 560 g/mol. The van der Waals surface area contributed by atoms with Gasteiger partial charge in [-0.1, -0.05) is 16.9 Å². The molecule has 206 valence electrons. The number of aromatic nitrogens is 1. The average Bonchev–Trinajstić information content (AvgIpc) is 3.21. The highest BCUT2D eigenvalue weighted by Crippen LogP contribution is 2.29. The third kappa shape index (κ3) is 14.9. The van der Waals surface area contributed by atoms with Gasteiger partial charge in [0.25, 0.3) is 11.8 Å². The zero-order valence-electron chi connectivity index (χ0n) is 20.6. The standard InChI is InChI=1S/C23H33N3O9S2/c27-19(7-18-36-37-20-3-1-2-8-25-20)24-9-11-32-13-15-34-17-16-33-14-12-31-10-6-23(30)35-26-21(28)4-5-22(26)29/h1-3,8H,4-7,9-18H2,(H,24,27). The Labute approximate surface area is 223 Å². The highest BCUT2D eigenvalue weighted by molar-refractivity contribution is 8.76. The summed E-state index contributed by atoms with van der Waals surface area (Å²) >= 11 is 0. The van der Waals surface area contributed by atoms with Gasteiger partial charge in [0.2, 0.25) is 5.91 Å². The maximum Gasteiger partial charge on any atom is 0.335 e. The fourth-order valence-corrected chi connectivity index (χ4v) is 4.58. The molecule has 14 heteroatoms. The summed E-state index contributed by atoms with van der Waals surface area (Å²) in [4.78, 5) is 55.0. The first-order chi connectivity index (χ1) is 18.1. The molecule has 3 amide bonds. The maximum atomic E-state index is 11.8. The smallest absolute Gasteiger partial charge is 0.335 e. The van der Waals surface area contributed by atoms with Gasteiger partial charge < -0.3 is 29.1 Å². The van der Waals surface area contributed by atoms with Crippen molar-refractivity contribution in [2.75, 3.05) is 65.2 Å². The topological polar surface area (TPSA) is 143 Å². The van der Waals surface area contributed by atoms with E-state index in [2.05, 4.69) is 10.3 Å². The van der Waals surface area contributed by atoms with Crippen LogP contribution >= 0.6 is 21.6 Å². The Bertz CT molecular complexity index is 817. The van der Waals surface area contributed by atoms with E-state index in [-0.39, 0.29) is 38.4 Å². The molecular weight excluding hydrogens is 526 g/mol. The number of pyridine rings is 1. The molecule has 1 fully saturated rings. The second kappa shape index (κ2) is 19.8. The van der Waals surface area contributed by atoms with Gasteiger partial charge in [-0.05, 0) is 22.9 Å². The molecule has 0 spiro atoms. The molecule has 0 bridgehead atoms. The summed E-state index contributed by atoms with van der Waals surface area (Å²) in [5.41, 5.74) is 0. The van der Waals surface area contributed by atoms with Crippen molar-refractivity contribution in [3.8, 4) is 0 Å². The van der Waals surface area contributed by atoms with Crippen LogP contribution in [-0.2, 0) is 43.0 Å². The number of carbonyl (C=O) groups is 4. The number of amides is 3. The first-order valence-corrected chi connectivity index (χ1v) is 14.2. The normalized spacial score (nSPS) is 13.2. The molecule has 1 aliphatic heterocycles. The molecule has 0 saturated carbocycles. The van der Waals surface area contributed by atoms with Crippen LogP contribution in [0.25, 0.3) is 0 Å². The Balaban J connectivity index is 1.26. The summed E-state index contributed by atoms with van der Waals surface area (Å²) in [6.07, 6.45) is 2.23. The third-order valence-electron chi connectivity index (χ3n) is 4.53. The van der Waals surface area contributed by atoms with E-state index in [1.54, 1.807) is 27.8 Å². The van der Waals surface area contributed by atoms with Gasteiger partial charge in [-0.15, -0.1) is 5.06 Å². The number of hydrogen-bond donors (Lipinski definition) is 1. The number of ether oxygens (including phenoxy) is 4. The Morgan fingerprint density at radius 3 is 2.11 bits per heavy atom. The van der Waals surface area contributed by atoms with Crippen LogP contribution in [0, 0.1) is 0 Å². The molecule has 1 aromatic heterocycles. The predicted octanol–water partition coefficient (Wildman–Crippen LogP) is 1.39. The fourth-order valence-electron chi connectivity index (χ4n) is 2.71. The minimum Gasteiger partial charge on any atom is -0.378 e. The number of carbonyl (C=O) groups excluding carboxylic acids is 4. The van der Waals surface area contributed by atoms with Crippen LogP contribution < -0.4 is 5.32 Å². The van der Waals surface area contributed by atoms with E-state index in [0.29, 0.717) is 63.4 Å². The number of hydrogen-bond acceptors (Lipinski definition) is 12. The van der Waals surface area contributed by atoms with Crippen molar-refractivity contribution in [3.05, 3.63) is 24.4 Å². The van der Waals surface area contributed by atoms with Gasteiger partial charge in [-0.25, -0.2) is 9.78 Å². The fraction of sp³-hybridized carbons (Fsp3) is 0.609. The van der Waals surface area contributed by atoms with Crippen LogP contribution in [-0.4, -0.2) is 98.9 Å². The molecule has 0 aliphatic carbocycles. The van der Waals surface area contributed by atoms with Crippen LogP contribution in [0.3, 0.4) is 0 Å². The van der Waals surface area contributed by atoms with Gasteiger partial charge in [0, 0.05) is 37.8 Å². The highest BCUT2D eigenvalue weighted by Gasteiger charge is 2.32. The molecule has 37 heavy (non-hydrogen) atoms. The van der Waals surface area contributed by atoms with E-state index in [0.717, 1.165) is 5.03 Å². The summed E-state index contributed by atoms with van der Waals surface area (Å²) in [5, 5.41) is 4.26. The van der Waals surface area contributed by atoms with Crippen molar-refractivity contribution >= 4 is 45.3 Å². The van der Waals surface area contributed by atoms with Crippen LogP contribution in [0.4, 0.5) is 0 Å². The van der Waals surface area contributed by atoms with Gasteiger partial charge in [0.05, 0.1) is 59.3 Å². The molecule has 12 nitrogen and oxygen atoms in total. The quantitative estimate of drug-likeness (QED) is 0.132. The van der Waals surface area contributed by atoms with Crippen LogP contribution in [0.5, 0.6) is 0 Å². The van der Waals surface area contributed by atoms with Gasteiger partial charge in [0.1, 0.15) is 5.03 Å². The molecule has 2 rings (SSSR count). The predicted molar refractivity (Wildman–Crippen MR) is 135 cm³/mol. The molecule has 1 N–H and O–H groups in total. The minimum atomic E-state index is -0.701. The van der Waals surface area contributed by atoms with E-state index < -0.39 is 17.8 Å². The lowest BCUT2D eigenvalue weighted by atomic mass is 10.4. The van der Waals surface area contributed by atoms with Crippen molar-refractivity contribution < 1.29 is 43.0 Å². The monoisotopic (exact) mass is 559 g/mol. The van der Waals surface area contributed by atoms with Gasteiger partial charge in [0.15, 0.2) is 0 Å². The molecule has 1 saturated heterocycles. The largest absolute Gasteiger partial charge is 0.378 e. The zero-order valence-corrected chi connectivity index (χ0v) is 22.2. The van der Waals surface area contributed by atoms with Gasteiger partial charge >= 0.3 is 5.97 Å². The number of rotatable bonds is 21. The second-order valence-electron chi connectivity index (χ2n) is 7.42. The van der Waals surface area contributed by atoms with Crippen LogP contribution in [0.15, 0.2) is 29.4 Å². The van der Waals surface area contributed by atoms with E-state index in [1.165, 1.54) is 0 Å². The number of nitrogens with zero attached hydrogens (tertiary/aromatic N) is 2. The highest BCUT2D eigenvalue weighted by atomic mass is 33.1. The minimum absolute atomic E-state index is 0.00918. The molecule has 0 radical (unpaired) electrons. The first kappa shape index (κ1) is 31.0. The van der Waals surface area contributed by atoms with E-state index in [4.69, 9.17) is 23.8 Å². The summed E-state index contributed by atoms with van der Waals surface area (Å²) in [6, 6.07) is 5.73. The van der Waals surface area contributed by atoms with Crippen molar-refractivity contribution in [1.82, 2.24) is 15.4 Å². The first-order valence-electron chi connectivity index (χ1n) is 11.9. The van der Waals surface area contributed by atoms with E-state index in [1.807, 2.05) is 18.2 Å². The number of imide groups is 1. The Hall–Kier alpha value is -2.23. The lowest BCUT2D eigenvalue weighted by molar-refractivity contribution is -0.198. The van der Waals surface area contributed by atoms with Gasteiger partial charge in [-0.3, -0.25) is 14.4 Å². The molecule has 0 aromatic carbocycles. The second-order valence-corrected chi connectivity index (χ2v) is 9.85. The number of hydroxylamine groups is 2. The summed E-state index contributed by atoms with van der Waals surface area (Å²) in [6.45, 7) is 3.19. The van der Waals surface area contributed by atoms with Crippen LogP contribution in [0.2, 0.25) is 0 Å². The van der Waals surface area contributed by atoms with Gasteiger partial charge in [-0.2, -0.15) is 0 Å². The Morgan fingerprint density at radius 2 is 1.49 bits per heavy atom. The Morgan fingerprint density at radius 1 is 0.865 bits per heavy atom. The zero-order chi connectivity index (χ0) is 26.6. The lowest BCUT2D eigenvalue weighted by Crippen LogP contribution is -2.32. The lowest BCUT2D eigenvalue weighted by Gasteiger charge is -2.12. The molecular formula is C23H33N3O9S2. The molecule has 2 heterocycles. The third-order valence-corrected chi connectivity index (χ3v) is 6.80. The maximum absolute atomic E-state index is 11.8. The summed E-state index contributed by atoms with van der Waals surface area (Å²) in [5.74, 6) is -1.03. The van der Waals surface area contributed by atoms with Crippen molar-refractivity contribution in [2.45, 2.75) is 30.7 Å². The van der Waals surface area contributed by atoms with Crippen molar-refractivity contribution in [1.29, 1.82) is 0 Å². The van der Waals surface area contributed by atoms with E-state index >= 15 is 0 Å². The summed E-state index contributed by atoms with van der Waals surface area (Å²) in [7, 11) is 3.15. The number of nitrogens with one attached hydrogen (secondary N) is 1. The SMILES string of the molecule is O=C(CCSSc1ccccn1)NCCOCCOCCOCCOCCC(=O)ON1C(=O)CCC1=O. The molecule has 0 atom stereocenters.